The van der Waals surface area contributed by atoms with Gasteiger partial charge >= 0.3 is 0 Å². The maximum Gasteiger partial charge on any atom is 0.249 e. The third-order valence-electron chi connectivity index (χ3n) is 4.81. The predicted molar refractivity (Wildman–Crippen MR) is 112 cm³/mol. The maximum atomic E-state index is 11.6. The van der Waals surface area contributed by atoms with Crippen LogP contribution in [-0.4, -0.2) is 25.1 Å². The third-order valence-corrected chi connectivity index (χ3v) is 4.81. The van der Waals surface area contributed by atoms with Crippen LogP contribution in [0.2, 0.25) is 0 Å². The van der Waals surface area contributed by atoms with Crippen molar-refractivity contribution in [3.63, 3.8) is 0 Å². The number of benzene rings is 3. The molecule has 0 aliphatic heterocycles. The van der Waals surface area contributed by atoms with E-state index in [4.69, 9.17) is 19.9 Å². The second kappa shape index (κ2) is 7.67. The normalized spacial score (nSPS) is 10.8. The fourth-order valence-electron chi connectivity index (χ4n) is 3.37. The smallest absolute Gasteiger partial charge is 0.249 e. The van der Waals surface area contributed by atoms with Gasteiger partial charge in [0.05, 0.1) is 19.7 Å². The minimum atomic E-state index is -0.438. The van der Waals surface area contributed by atoms with E-state index in [1.165, 1.54) is 0 Å². The van der Waals surface area contributed by atoms with E-state index >= 15 is 0 Å². The molecule has 0 atom stereocenters. The molecule has 0 radical (unpaired) electrons. The van der Waals surface area contributed by atoms with E-state index in [-0.39, 0.29) is 0 Å². The third kappa shape index (κ3) is 3.52. The van der Waals surface area contributed by atoms with Crippen LogP contribution in [0.15, 0.2) is 60.8 Å². The number of primary amides is 1. The Bertz CT molecular complexity index is 1220. The fourth-order valence-corrected chi connectivity index (χ4v) is 3.37. The lowest BCUT2D eigenvalue weighted by atomic mass is 10.0. The summed E-state index contributed by atoms with van der Waals surface area (Å²) >= 11 is 0. The molecule has 0 spiro atoms. The summed E-state index contributed by atoms with van der Waals surface area (Å²) in [5, 5.41) is 2.60. The number of hydrogen-bond acceptors (Lipinski definition) is 5. The average Bonchev–Trinajstić information content (AvgIpc) is 2.75. The molecule has 2 N–H and O–H groups in total. The van der Waals surface area contributed by atoms with E-state index in [2.05, 4.69) is 4.98 Å². The number of nitrogens with zero attached hydrogens (tertiary/aromatic N) is 1. The Labute approximate surface area is 167 Å². The summed E-state index contributed by atoms with van der Waals surface area (Å²) < 4.78 is 16.8. The molecule has 3 aromatic carbocycles. The van der Waals surface area contributed by atoms with E-state index < -0.39 is 5.91 Å². The zero-order chi connectivity index (χ0) is 20.4. The molecule has 1 aromatic heterocycles. The minimum absolute atomic E-state index is 0.365. The minimum Gasteiger partial charge on any atom is -0.493 e. The van der Waals surface area contributed by atoms with Crippen molar-refractivity contribution in [2.75, 3.05) is 14.2 Å². The summed E-state index contributed by atoms with van der Waals surface area (Å²) in [5.41, 5.74) is 7.70. The Morgan fingerprint density at radius 3 is 2.48 bits per heavy atom. The zero-order valence-corrected chi connectivity index (χ0v) is 16.1. The molecule has 6 heteroatoms. The van der Waals surface area contributed by atoms with Crippen LogP contribution in [0.5, 0.6) is 17.2 Å². The van der Waals surface area contributed by atoms with Gasteiger partial charge in [-0.2, -0.15) is 0 Å². The van der Waals surface area contributed by atoms with Crippen molar-refractivity contribution in [2.24, 2.45) is 5.73 Å². The van der Waals surface area contributed by atoms with Gasteiger partial charge in [0, 0.05) is 23.2 Å². The second-order valence-electron chi connectivity index (χ2n) is 6.55. The lowest BCUT2D eigenvalue weighted by molar-refractivity contribution is 0.100. The molecule has 29 heavy (non-hydrogen) atoms. The summed E-state index contributed by atoms with van der Waals surface area (Å²) in [6, 6.07) is 16.8. The molecule has 4 rings (SSSR count). The van der Waals surface area contributed by atoms with Crippen LogP contribution in [0.1, 0.15) is 15.9 Å². The van der Waals surface area contributed by atoms with Crippen molar-refractivity contribution in [1.82, 2.24) is 4.98 Å². The highest BCUT2D eigenvalue weighted by molar-refractivity contribution is 6.06. The summed E-state index contributed by atoms with van der Waals surface area (Å²) in [6.07, 6.45) is 1.70. The van der Waals surface area contributed by atoms with E-state index in [9.17, 15) is 4.79 Å². The summed E-state index contributed by atoms with van der Waals surface area (Å²) in [7, 11) is 3.18. The number of amides is 1. The summed E-state index contributed by atoms with van der Waals surface area (Å²) in [5.74, 6) is 1.49. The lowest BCUT2D eigenvalue weighted by Crippen LogP contribution is -2.11. The highest BCUT2D eigenvalue weighted by atomic mass is 16.5. The fraction of sp³-hybridized carbons (Fsp3) is 0.130. The van der Waals surface area contributed by atoms with Crippen LogP contribution in [0.4, 0.5) is 0 Å². The monoisotopic (exact) mass is 388 g/mol. The molecule has 4 aromatic rings. The Hall–Kier alpha value is -3.80. The Kier molecular flexibility index (Phi) is 4.91. The van der Waals surface area contributed by atoms with Crippen molar-refractivity contribution in [3.8, 4) is 17.2 Å². The largest absolute Gasteiger partial charge is 0.493 e. The van der Waals surface area contributed by atoms with Crippen molar-refractivity contribution in [1.29, 1.82) is 0 Å². The van der Waals surface area contributed by atoms with E-state index in [1.807, 2.05) is 48.5 Å². The van der Waals surface area contributed by atoms with Gasteiger partial charge in [-0.3, -0.25) is 9.78 Å². The van der Waals surface area contributed by atoms with Crippen LogP contribution in [0.25, 0.3) is 21.7 Å². The summed E-state index contributed by atoms with van der Waals surface area (Å²) in [4.78, 5) is 16.0. The molecule has 0 fully saturated rings. The van der Waals surface area contributed by atoms with Gasteiger partial charge in [-0.25, -0.2) is 0 Å². The number of aromatic nitrogens is 1. The number of nitrogens with two attached hydrogens (primary N) is 1. The van der Waals surface area contributed by atoms with Gasteiger partial charge in [0.2, 0.25) is 5.91 Å². The molecule has 6 nitrogen and oxygen atoms in total. The molecular formula is C23H20N2O4. The molecule has 0 saturated heterocycles. The van der Waals surface area contributed by atoms with Crippen molar-refractivity contribution < 1.29 is 19.0 Å². The van der Waals surface area contributed by atoms with Crippen LogP contribution >= 0.6 is 0 Å². The molecule has 1 amide bonds. The van der Waals surface area contributed by atoms with Gasteiger partial charge in [-0.15, -0.1) is 0 Å². The molecule has 146 valence electrons. The number of carbonyl (C=O) groups excluding carboxylic acids is 1. The van der Waals surface area contributed by atoms with Gasteiger partial charge < -0.3 is 19.9 Å². The molecular weight excluding hydrogens is 368 g/mol. The van der Waals surface area contributed by atoms with Gasteiger partial charge in [0.15, 0.2) is 11.5 Å². The first-order valence-electron chi connectivity index (χ1n) is 9.05. The van der Waals surface area contributed by atoms with E-state index in [0.717, 1.165) is 27.2 Å². The highest BCUT2D eigenvalue weighted by Gasteiger charge is 2.11. The Morgan fingerprint density at radius 2 is 1.72 bits per heavy atom. The first-order chi connectivity index (χ1) is 14.1. The van der Waals surface area contributed by atoms with Crippen molar-refractivity contribution in [3.05, 3.63) is 71.9 Å². The number of carbonyl (C=O) groups is 1. The number of fused-ring (bicyclic) bond motifs is 2. The van der Waals surface area contributed by atoms with Gasteiger partial charge in [0.1, 0.15) is 12.4 Å². The van der Waals surface area contributed by atoms with Crippen molar-refractivity contribution >= 4 is 27.6 Å². The van der Waals surface area contributed by atoms with Crippen LogP contribution < -0.4 is 19.9 Å². The lowest BCUT2D eigenvalue weighted by Gasteiger charge is -2.13. The molecule has 0 saturated carbocycles. The standard InChI is InChI=1S/C23H20N2O4/c1-27-21-11-18-19(12-22(21)28-2)25-9-8-20(18)29-13-14-6-7-16-15(10-14)4-3-5-17(16)23(24)26/h3-12H,13H2,1-2H3,(H2,24,26). The first-order valence-corrected chi connectivity index (χ1v) is 9.05. The average molecular weight is 388 g/mol. The zero-order valence-electron chi connectivity index (χ0n) is 16.1. The van der Waals surface area contributed by atoms with E-state index in [0.29, 0.717) is 29.4 Å². The van der Waals surface area contributed by atoms with Crippen LogP contribution in [0.3, 0.4) is 0 Å². The maximum absolute atomic E-state index is 11.6. The van der Waals surface area contributed by atoms with Crippen LogP contribution in [-0.2, 0) is 6.61 Å². The molecule has 0 bridgehead atoms. The number of rotatable bonds is 6. The number of pyridine rings is 1. The number of hydrogen-bond donors (Lipinski definition) is 1. The molecule has 0 aliphatic rings. The van der Waals surface area contributed by atoms with Gasteiger partial charge in [0.25, 0.3) is 0 Å². The quantitative estimate of drug-likeness (QED) is 0.538. The first kappa shape index (κ1) is 18.6. The Morgan fingerprint density at radius 1 is 0.931 bits per heavy atom. The van der Waals surface area contributed by atoms with Crippen LogP contribution in [0, 0.1) is 0 Å². The molecule has 0 unspecified atom stereocenters. The van der Waals surface area contributed by atoms with Gasteiger partial charge in [-0.05, 0) is 40.6 Å². The molecule has 0 aliphatic carbocycles. The molecule has 1 heterocycles. The second-order valence-corrected chi connectivity index (χ2v) is 6.55. The topological polar surface area (TPSA) is 83.7 Å². The highest BCUT2D eigenvalue weighted by Crippen LogP contribution is 2.35. The van der Waals surface area contributed by atoms with Gasteiger partial charge in [-0.1, -0.05) is 24.3 Å². The Balaban J connectivity index is 1.65. The SMILES string of the molecule is COc1cc2nccc(OCc3ccc4c(C(N)=O)cccc4c3)c2cc1OC. The number of ether oxygens (including phenoxy) is 3. The predicted octanol–water partition coefficient (Wildman–Crippen LogP) is 4.08. The summed E-state index contributed by atoms with van der Waals surface area (Å²) in [6.45, 7) is 0.365. The number of methoxy groups -OCH3 is 2. The van der Waals surface area contributed by atoms with Crippen molar-refractivity contribution in [2.45, 2.75) is 6.61 Å². The van der Waals surface area contributed by atoms with E-state index in [1.54, 1.807) is 26.5 Å².